The van der Waals surface area contributed by atoms with Gasteiger partial charge in [0, 0.05) is 10.5 Å². The molecule has 3 heteroatoms. The molecular formula is C15H21BrFN. The number of hydrogen-bond acceptors (Lipinski definition) is 1. The zero-order valence-electron chi connectivity index (χ0n) is 10.7. The number of hydrogen-bond donors (Lipinski definition) is 1. The van der Waals surface area contributed by atoms with Crippen LogP contribution in [0.25, 0.3) is 0 Å². The lowest BCUT2D eigenvalue weighted by molar-refractivity contribution is 0.372. The first kappa shape index (κ1) is 14.0. The lowest BCUT2D eigenvalue weighted by Gasteiger charge is -2.22. The predicted molar refractivity (Wildman–Crippen MR) is 77.0 cm³/mol. The van der Waals surface area contributed by atoms with Gasteiger partial charge in [0.15, 0.2) is 0 Å². The highest BCUT2D eigenvalue weighted by Crippen LogP contribution is 2.28. The van der Waals surface area contributed by atoms with Crippen molar-refractivity contribution in [2.45, 2.75) is 51.0 Å². The molecule has 0 aromatic heterocycles. The lowest BCUT2D eigenvalue weighted by atomic mass is 9.88. The van der Waals surface area contributed by atoms with Crippen molar-refractivity contribution in [1.29, 1.82) is 0 Å². The average Bonchev–Trinajstić information content (AvgIpc) is 2.61. The Labute approximate surface area is 117 Å². The molecule has 1 saturated carbocycles. The van der Waals surface area contributed by atoms with Crippen LogP contribution in [0, 0.1) is 11.7 Å². The molecule has 2 rings (SSSR count). The molecule has 1 aliphatic rings. The normalized spacial score (nSPS) is 19.5. The monoisotopic (exact) mass is 313 g/mol. The molecule has 18 heavy (non-hydrogen) atoms. The first-order valence-corrected chi connectivity index (χ1v) is 7.65. The average molecular weight is 314 g/mol. The Bertz CT molecular complexity index is 386. The van der Waals surface area contributed by atoms with Gasteiger partial charge in [0.1, 0.15) is 5.82 Å². The van der Waals surface area contributed by atoms with Gasteiger partial charge < -0.3 is 5.73 Å². The fourth-order valence-electron chi connectivity index (χ4n) is 2.85. The van der Waals surface area contributed by atoms with E-state index in [-0.39, 0.29) is 11.9 Å². The molecule has 0 heterocycles. The number of benzene rings is 1. The summed E-state index contributed by atoms with van der Waals surface area (Å²) in [4.78, 5) is 0. The Morgan fingerprint density at radius 2 is 1.89 bits per heavy atom. The van der Waals surface area contributed by atoms with Crippen LogP contribution in [0.5, 0.6) is 0 Å². The number of nitrogens with two attached hydrogens (primary N) is 1. The smallest absolute Gasteiger partial charge is 0.124 e. The Kier molecular flexibility index (Phi) is 5.19. The van der Waals surface area contributed by atoms with E-state index in [9.17, 15) is 4.39 Å². The molecule has 100 valence electrons. The number of rotatable bonds is 3. The van der Waals surface area contributed by atoms with Crippen molar-refractivity contribution in [3.05, 3.63) is 34.1 Å². The molecule has 1 nitrogen and oxygen atoms in total. The summed E-state index contributed by atoms with van der Waals surface area (Å²) in [6.07, 6.45) is 8.66. The molecule has 1 aromatic rings. The molecule has 1 unspecified atom stereocenters. The van der Waals surface area contributed by atoms with Gasteiger partial charge in [0.25, 0.3) is 0 Å². The Morgan fingerprint density at radius 3 is 2.50 bits per heavy atom. The minimum atomic E-state index is -0.200. The van der Waals surface area contributed by atoms with Crippen LogP contribution in [0.1, 0.15) is 44.1 Å². The summed E-state index contributed by atoms with van der Waals surface area (Å²) < 4.78 is 13.9. The molecule has 0 spiro atoms. The maximum atomic E-state index is 13.0. The van der Waals surface area contributed by atoms with Crippen LogP contribution >= 0.6 is 15.9 Å². The van der Waals surface area contributed by atoms with E-state index < -0.39 is 0 Å². The van der Waals surface area contributed by atoms with Gasteiger partial charge in [-0.3, -0.25) is 0 Å². The molecule has 2 N–H and O–H groups in total. The van der Waals surface area contributed by atoms with Gasteiger partial charge in [0.05, 0.1) is 0 Å². The Morgan fingerprint density at radius 1 is 1.22 bits per heavy atom. The van der Waals surface area contributed by atoms with E-state index in [1.165, 1.54) is 50.7 Å². The molecule has 0 radical (unpaired) electrons. The van der Waals surface area contributed by atoms with E-state index >= 15 is 0 Å². The maximum absolute atomic E-state index is 13.0. The molecular weight excluding hydrogens is 293 g/mol. The van der Waals surface area contributed by atoms with Crippen LogP contribution in [-0.4, -0.2) is 6.04 Å². The van der Waals surface area contributed by atoms with Gasteiger partial charge in [-0.15, -0.1) is 0 Å². The second kappa shape index (κ2) is 6.67. The summed E-state index contributed by atoms with van der Waals surface area (Å²) in [5, 5.41) is 0. The summed E-state index contributed by atoms with van der Waals surface area (Å²) in [6, 6.07) is 5.08. The maximum Gasteiger partial charge on any atom is 0.124 e. The molecule has 0 aliphatic heterocycles. The molecule has 1 fully saturated rings. The fraction of sp³-hybridized carbons (Fsp3) is 0.600. The van der Waals surface area contributed by atoms with Gasteiger partial charge in [-0.1, -0.05) is 47.7 Å². The zero-order valence-corrected chi connectivity index (χ0v) is 12.3. The zero-order chi connectivity index (χ0) is 13.0. The van der Waals surface area contributed by atoms with Crippen molar-refractivity contribution in [3.8, 4) is 0 Å². The number of halogens is 2. The summed E-state index contributed by atoms with van der Waals surface area (Å²) in [7, 11) is 0. The topological polar surface area (TPSA) is 26.0 Å². The van der Waals surface area contributed by atoms with Crippen LogP contribution < -0.4 is 5.73 Å². The highest BCUT2D eigenvalue weighted by Gasteiger charge is 2.20. The van der Waals surface area contributed by atoms with Crippen molar-refractivity contribution >= 4 is 15.9 Å². The summed E-state index contributed by atoms with van der Waals surface area (Å²) in [5.41, 5.74) is 7.46. The van der Waals surface area contributed by atoms with Crippen LogP contribution in [0.3, 0.4) is 0 Å². The predicted octanol–water partition coefficient (Wildman–Crippen LogP) is 4.43. The Hall–Kier alpha value is -0.410. The molecule has 1 aliphatic carbocycles. The van der Waals surface area contributed by atoms with E-state index in [0.717, 1.165) is 16.5 Å². The van der Waals surface area contributed by atoms with E-state index in [2.05, 4.69) is 15.9 Å². The van der Waals surface area contributed by atoms with Crippen molar-refractivity contribution in [1.82, 2.24) is 0 Å². The molecule has 0 amide bonds. The van der Waals surface area contributed by atoms with E-state index in [1.54, 1.807) is 0 Å². The largest absolute Gasteiger partial charge is 0.327 e. The lowest BCUT2D eigenvalue weighted by Crippen LogP contribution is -2.32. The van der Waals surface area contributed by atoms with Crippen LogP contribution in [0.15, 0.2) is 22.7 Å². The minimum Gasteiger partial charge on any atom is -0.327 e. The van der Waals surface area contributed by atoms with Crippen LogP contribution in [0.2, 0.25) is 0 Å². The SMILES string of the molecule is NC(Cc1ccc(F)cc1Br)C1CCCCCC1. The van der Waals surface area contributed by atoms with Gasteiger partial charge in [-0.05, 0) is 42.9 Å². The van der Waals surface area contributed by atoms with Gasteiger partial charge in [-0.2, -0.15) is 0 Å². The van der Waals surface area contributed by atoms with Gasteiger partial charge in [0.2, 0.25) is 0 Å². The van der Waals surface area contributed by atoms with Crippen LogP contribution in [0.4, 0.5) is 4.39 Å². The minimum absolute atomic E-state index is 0.199. The molecule has 1 atom stereocenters. The molecule has 1 aromatic carbocycles. The third-order valence-electron chi connectivity index (χ3n) is 3.98. The summed E-state index contributed by atoms with van der Waals surface area (Å²) in [6.45, 7) is 0. The molecule has 0 saturated heterocycles. The first-order chi connectivity index (χ1) is 8.66. The Balaban J connectivity index is 1.98. The van der Waals surface area contributed by atoms with E-state index in [4.69, 9.17) is 5.73 Å². The van der Waals surface area contributed by atoms with Crippen LogP contribution in [-0.2, 0) is 6.42 Å². The summed E-state index contributed by atoms with van der Waals surface area (Å²) >= 11 is 3.42. The quantitative estimate of drug-likeness (QED) is 0.821. The van der Waals surface area contributed by atoms with Crippen molar-refractivity contribution in [2.24, 2.45) is 11.7 Å². The standard InChI is InChI=1S/C15H21BrFN/c16-14-10-13(17)8-7-12(14)9-15(18)11-5-3-1-2-4-6-11/h7-8,10-11,15H,1-6,9,18H2. The van der Waals surface area contributed by atoms with Crippen molar-refractivity contribution < 1.29 is 4.39 Å². The summed E-state index contributed by atoms with van der Waals surface area (Å²) in [5.74, 6) is 0.429. The van der Waals surface area contributed by atoms with Gasteiger partial charge >= 0.3 is 0 Å². The van der Waals surface area contributed by atoms with Crippen molar-refractivity contribution in [3.63, 3.8) is 0 Å². The third-order valence-corrected chi connectivity index (χ3v) is 4.71. The van der Waals surface area contributed by atoms with Gasteiger partial charge in [-0.25, -0.2) is 4.39 Å². The van der Waals surface area contributed by atoms with E-state index in [0.29, 0.717) is 5.92 Å². The van der Waals surface area contributed by atoms with Crippen molar-refractivity contribution in [2.75, 3.05) is 0 Å². The third kappa shape index (κ3) is 3.79. The second-order valence-corrected chi connectivity index (χ2v) is 6.21. The second-order valence-electron chi connectivity index (χ2n) is 5.36. The fourth-order valence-corrected chi connectivity index (χ4v) is 3.36. The highest BCUT2D eigenvalue weighted by atomic mass is 79.9. The van der Waals surface area contributed by atoms with E-state index in [1.807, 2.05) is 6.07 Å². The molecule has 0 bridgehead atoms. The highest BCUT2D eigenvalue weighted by molar-refractivity contribution is 9.10. The first-order valence-electron chi connectivity index (χ1n) is 6.86.